The van der Waals surface area contributed by atoms with Gasteiger partial charge in [0.15, 0.2) is 0 Å². The second-order valence-electron chi connectivity index (χ2n) is 6.47. The third kappa shape index (κ3) is 3.45. The number of aryl methyl sites for hydroxylation is 2. The van der Waals surface area contributed by atoms with Crippen molar-refractivity contribution in [3.63, 3.8) is 0 Å². The zero-order chi connectivity index (χ0) is 16.4. The second kappa shape index (κ2) is 6.54. The summed E-state index contributed by atoms with van der Waals surface area (Å²) in [4.78, 5) is 12.6. The van der Waals surface area contributed by atoms with Crippen LogP contribution in [0.15, 0.2) is 30.3 Å². The number of benzene rings is 1. The molecule has 1 amide bonds. The number of nitrogens with two attached hydrogens (primary N) is 1. The Morgan fingerprint density at radius 1 is 1.30 bits per heavy atom. The van der Waals surface area contributed by atoms with E-state index < -0.39 is 0 Å². The number of hydrogen-bond acceptors (Lipinski definition) is 3. The van der Waals surface area contributed by atoms with Crippen LogP contribution in [0.4, 0.5) is 5.69 Å². The fourth-order valence-corrected chi connectivity index (χ4v) is 3.34. The van der Waals surface area contributed by atoms with Gasteiger partial charge in [0.2, 0.25) is 5.91 Å². The summed E-state index contributed by atoms with van der Waals surface area (Å²) in [7, 11) is 0. The predicted octanol–water partition coefficient (Wildman–Crippen LogP) is 2.95. The quantitative estimate of drug-likeness (QED) is 0.915. The highest BCUT2D eigenvalue weighted by Crippen LogP contribution is 2.27. The van der Waals surface area contributed by atoms with Crippen molar-refractivity contribution in [2.45, 2.75) is 45.6 Å². The van der Waals surface area contributed by atoms with Crippen molar-refractivity contribution in [1.29, 1.82) is 0 Å². The largest absolute Gasteiger partial charge is 0.328 e. The zero-order valence-corrected chi connectivity index (χ0v) is 13.7. The molecule has 1 heterocycles. The first-order valence-electron chi connectivity index (χ1n) is 8.23. The minimum atomic E-state index is 0.00672. The number of amides is 1. The lowest BCUT2D eigenvalue weighted by Gasteiger charge is -2.26. The summed E-state index contributed by atoms with van der Waals surface area (Å²) in [6.07, 6.45) is 3.74. The Labute approximate surface area is 136 Å². The van der Waals surface area contributed by atoms with Crippen molar-refractivity contribution < 1.29 is 4.79 Å². The SMILES string of the molecule is Cc1cc(C)n(-c2ccccc2NC(=O)C2CCCC(N)C2)n1. The number of carbonyl (C=O) groups is 1. The van der Waals surface area contributed by atoms with Gasteiger partial charge in [0.1, 0.15) is 0 Å². The molecule has 0 radical (unpaired) electrons. The average molecular weight is 312 g/mol. The summed E-state index contributed by atoms with van der Waals surface area (Å²) in [5.74, 6) is 0.0707. The molecule has 0 aliphatic heterocycles. The van der Waals surface area contributed by atoms with Gasteiger partial charge >= 0.3 is 0 Å². The fourth-order valence-electron chi connectivity index (χ4n) is 3.34. The lowest BCUT2D eigenvalue weighted by molar-refractivity contribution is -0.120. The monoisotopic (exact) mass is 312 g/mol. The van der Waals surface area contributed by atoms with Gasteiger partial charge in [-0.2, -0.15) is 5.10 Å². The van der Waals surface area contributed by atoms with E-state index in [0.29, 0.717) is 0 Å². The Bertz CT molecular complexity index is 707. The van der Waals surface area contributed by atoms with E-state index in [4.69, 9.17) is 5.73 Å². The molecule has 0 spiro atoms. The van der Waals surface area contributed by atoms with Crippen molar-refractivity contribution in [1.82, 2.24) is 9.78 Å². The van der Waals surface area contributed by atoms with Crippen molar-refractivity contribution in [2.75, 3.05) is 5.32 Å². The van der Waals surface area contributed by atoms with Gasteiger partial charge in [0, 0.05) is 17.7 Å². The fraction of sp³-hybridized carbons (Fsp3) is 0.444. The van der Waals surface area contributed by atoms with Crippen LogP contribution < -0.4 is 11.1 Å². The third-order valence-corrected chi connectivity index (χ3v) is 4.49. The van der Waals surface area contributed by atoms with Crippen LogP contribution in [0.1, 0.15) is 37.1 Å². The van der Waals surface area contributed by atoms with Crippen molar-refractivity contribution in [2.24, 2.45) is 11.7 Å². The number of nitrogens with one attached hydrogen (secondary N) is 1. The van der Waals surface area contributed by atoms with Gasteiger partial charge in [-0.1, -0.05) is 18.6 Å². The van der Waals surface area contributed by atoms with Gasteiger partial charge < -0.3 is 11.1 Å². The highest BCUT2D eigenvalue weighted by Gasteiger charge is 2.26. The number of para-hydroxylation sites is 2. The van der Waals surface area contributed by atoms with Crippen LogP contribution in [0, 0.1) is 19.8 Å². The second-order valence-corrected chi connectivity index (χ2v) is 6.47. The van der Waals surface area contributed by atoms with Gasteiger partial charge in [-0.05, 0) is 51.3 Å². The minimum Gasteiger partial charge on any atom is -0.328 e. The van der Waals surface area contributed by atoms with E-state index in [0.717, 1.165) is 48.4 Å². The van der Waals surface area contributed by atoms with Crippen LogP contribution in [-0.2, 0) is 4.79 Å². The Kier molecular flexibility index (Phi) is 4.48. The maximum absolute atomic E-state index is 12.6. The van der Waals surface area contributed by atoms with E-state index in [1.54, 1.807) is 0 Å². The number of anilines is 1. The van der Waals surface area contributed by atoms with Crippen LogP contribution in [0.5, 0.6) is 0 Å². The molecule has 23 heavy (non-hydrogen) atoms. The summed E-state index contributed by atoms with van der Waals surface area (Å²) >= 11 is 0. The molecule has 1 saturated carbocycles. The molecule has 2 atom stereocenters. The summed E-state index contributed by atoms with van der Waals surface area (Å²) in [6.45, 7) is 3.98. The molecule has 0 bridgehead atoms. The van der Waals surface area contributed by atoms with Crippen LogP contribution >= 0.6 is 0 Å². The van der Waals surface area contributed by atoms with Crippen molar-refractivity contribution in [3.05, 3.63) is 41.7 Å². The van der Waals surface area contributed by atoms with E-state index >= 15 is 0 Å². The molecule has 1 fully saturated rings. The molecule has 2 aromatic rings. The maximum atomic E-state index is 12.6. The molecule has 1 aromatic carbocycles. The lowest BCUT2D eigenvalue weighted by atomic mass is 9.85. The molecular weight excluding hydrogens is 288 g/mol. The molecule has 5 nitrogen and oxygen atoms in total. The summed E-state index contributed by atoms with van der Waals surface area (Å²) < 4.78 is 1.87. The van der Waals surface area contributed by atoms with E-state index in [9.17, 15) is 4.79 Å². The molecular formula is C18H24N4O. The van der Waals surface area contributed by atoms with Crippen LogP contribution in [0.25, 0.3) is 5.69 Å². The minimum absolute atomic E-state index is 0.00672. The van der Waals surface area contributed by atoms with Crippen molar-refractivity contribution in [3.8, 4) is 5.69 Å². The van der Waals surface area contributed by atoms with Gasteiger partial charge in [-0.15, -0.1) is 0 Å². The number of nitrogens with zero attached hydrogens (tertiary/aromatic N) is 2. The molecule has 5 heteroatoms. The van der Waals surface area contributed by atoms with Gasteiger partial charge in [0.25, 0.3) is 0 Å². The molecule has 1 aliphatic rings. The van der Waals surface area contributed by atoms with Crippen LogP contribution in [0.3, 0.4) is 0 Å². The van der Waals surface area contributed by atoms with Crippen LogP contribution in [-0.4, -0.2) is 21.7 Å². The van der Waals surface area contributed by atoms with Gasteiger partial charge in [-0.25, -0.2) is 4.68 Å². The van der Waals surface area contributed by atoms with E-state index in [2.05, 4.69) is 10.4 Å². The average Bonchev–Trinajstić information content (AvgIpc) is 2.86. The molecule has 1 aliphatic carbocycles. The maximum Gasteiger partial charge on any atom is 0.227 e. The predicted molar refractivity (Wildman–Crippen MR) is 91.6 cm³/mol. The summed E-state index contributed by atoms with van der Waals surface area (Å²) in [5.41, 5.74) is 9.70. The molecule has 122 valence electrons. The molecule has 1 aromatic heterocycles. The molecule has 3 rings (SSSR count). The van der Waals surface area contributed by atoms with Gasteiger partial charge in [-0.3, -0.25) is 4.79 Å². The summed E-state index contributed by atoms with van der Waals surface area (Å²) in [6, 6.07) is 9.95. The first kappa shape index (κ1) is 15.7. The van der Waals surface area contributed by atoms with E-state index in [1.807, 2.05) is 48.9 Å². The van der Waals surface area contributed by atoms with Gasteiger partial charge in [0.05, 0.1) is 17.1 Å². The Morgan fingerprint density at radius 3 is 2.78 bits per heavy atom. The standard InChI is InChI=1S/C18H24N4O/c1-12-10-13(2)22(21-12)17-9-4-3-8-16(17)20-18(23)14-6-5-7-15(19)11-14/h3-4,8-10,14-15H,5-7,11,19H2,1-2H3,(H,20,23). The number of rotatable bonds is 3. The van der Waals surface area contributed by atoms with E-state index in [1.165, 1.54) is 0 Å². The number of hydrogen-bond donors (Lipinski definition) is 2. The smallest absolute Gasteiger partial charge is 0.227 e. The topological polar surface area (TPSA) is 72.9 Å². The first-order valence-corrected chi connectivity index (χ1v) is 8.23. The normalized spacial score (nSPS) is 21.2. The van der Waals surface area contributed by atoms with E-state index in [-0.39, 0.29) is 17.9 Å². The first-order chi connectivity index (χ1) is 11.0. The van der Waals surface area contributed by atoms with Crippen molar-refractivity contribution >= 4 is 11.6 Å². The third-order valence-electron chi connectivity index (χ3n) is 4.49. The highest BCUT2D eigenvalue weighted by molar-refractivity contribution is 5.94. The zero-order valence-electron chi connectivity index (χ0n) is 13.7. The van der Waals surface area contributed by atoms with Crippen LogP contribution in [0.2, 0.25) is 0 Å². The molecule has 2 unspecified atom stereocenters. The molecule has 3 N–H and O–H groups in total. The highest BCUT2D eigenvalue weighted by atomic mass is 16.1. The number of aromatic nitrogens is 2. The Balaban J connectivity index is 1.83. The Hall–Kier alpha value is -2.14. The number of carbonyl (C=O) groups excluding carboxylic acids is 1. The molecule has 0 saturated heterocycles. The lowest BCUT2D eigenvalue weighted by Crippen LogP contribution is -2.34. The summed E-state index contributed by atoms with van der Waals surface area (Å²) in [5, 5.41) is 7.60. The Morgan fingerprint density at radius 2 is 2.09 bits per heavy atom.